The van der Waals surface area contributed by atoms with E-state index in [1.807, 2.05) is 33.8 Å². The number of amides is 1. The van der Waals surface area contributed by atoms with E-state index in [0.717, 1.165) is 18.1 Å². The van der Waals surface area contributed by atoms with Crippen LogP contribution in [0.2, 0.25) is 0 Å². The summed E-state index contributed by atoms with van der Waals surface area (Å²) in [5.41, 5.74) is 1.61. The number of pyridine rings is 1. The van der Waals surface area contributed by atoms with Crippen molar-refractivity contribution in [2.24, 2.45) is 5.92 Å². The lowest BCUT2D eigenvalue weighted by molar-refractivity contribution is 0.0723. The van der Waals surface area contributed by atoms with Crippen molar-refractivity contribution in [3.8, 4) is 0 Å². The number of carbonyl (C=O) groups excluding carboxylic acids is 1. The molecule has 0 aromatic carbocycles. The minimum Gasteiger partial charge on any atom is -0.472 e. The first-order chi connectivity index (χ1) is 12.3. The summed E-state index contributed by atoms with van der Waals surface area (Å²) in [5, 5.41) is 7.75. The van der Waals surface area contributed by atoms with Gasteiger partial charge in [-0.1, -0.05) is 6.07 Å². The van der Waals surface area contributed by atoms with Gasteiger partial charge in [0.15, 0.2) is 0 Å². The number of carbonyl (C=O) groups is 1. The second-order valence-corrected chi connectivity index (χ2v) is 6.16. The maximum atomic E-state index is 12.8. The molecule has 0 saturated heterocycles. The van der Waals surface area contributed by atoms with Crippen LogP contribution in [0, 0.1) is 5.92 Å². The molecular formula is C18H19N5O2. The molecule has 3 aromatic rings. The second-order valence-electron chi connectivity index (χ2n) is 6.16. The topological polar surface area (TPSA) is 76.2 Å². The van der Waals surface area contributed by atoms with Crippen LogP contribution in [0.15, 0.2) is 59.7 Å². The molecule has 0 spiro atoms. The molecule has 0 aliphatic carbocycles. The molecule has 0 unspecified atom stereocenters. The molecule has 7 heteroatoms. The van der Waals surface area contributed by atoms with Gasteiger partial charge >= 0.3 is 0 Å². The molecule has 1 aliphatic heterocycles. The average molecular weight is 337 g/mol. The molecule has 3 aromatic heterocycles. The highest BCUT2D eigenvalue weighted by molar-refractivity contribution is 5.93. The van der Waals surface area contributed by atoms with Gasteiger partial charge in [-0.05, 0) is 24.3 Å². The number of anilines is 1. The van der Waals surface area contributed by atoms with Crippen LogP contribution in [0.4, 0.5) is 5.82 Å². The monoisotopic (exact) mass is 337 g/mol. The van der Waals surface area contributed by atoms with Crippen molar-refractivity contribution >= 4 is 11.7 Å². The summed E-state index contributed by atoms with van der Waals surface area (Å²) in [7, 11) is 0. The van der Waals surface area contributed by atoms with Crippen LogP contribution >= 0.6 is 0 Å². The van der Waals surface area contributed by atoms with Crippen LogP contribution in [-0.4, -0.2) is 38.7 Å². The summed E-state index contributed by atoms with van der Waals surface area (Å²) < 4.78 is 7.04. The second kappa shape index (κ2) is 6.80. The Balaban J connectivity index is 1.52. The van der Waals surface area contributed by atoms with E-state index >= 15 is 0 Å². The van der Waals surface area contributed by atoms with Crippen LogP contribution < -0.4 is 5.32 Å². The Hall–Kier alpha value is -3.09. The van der Waals surface area contributed by atoms with Crippen molar-refractivity contribution in [3.05, 3.63) is 66.5 Å². The molecule has 0 fully saturated rings. The SMILES string of the molecule is O=C(c1ccoc1)N1Cc2ccnn2C[C@@H](CNc2ccccn2)C1. The van der Waals surface area contributed by atoms with Gasteiger partial charge in [0.05, 0.1) is 24.1 Å². The molecule has 1 N–H and O–H groups in total. The largest absolute Gasteiger partial charge is 0.472 e. The number of fused-ring (bicyclic) bond motifs is 1. The number of rotatable bonds is 4. The van der Waals surface area contributed by atoms with Crippen LogP contribution in [-0.2, 0) is 13.1 Å². The van der Waals surface area contributed by atoms with Crippen molar-refractivity contribution < 1.29 is 9.21 Å². The highest BCUT2D eigenvalue weighted by Crippen LogP contribution is 2.19. The lowest BCUT2D eigenvalue weighted by atomic mass is 10.1. The zero-order chi connectivity index (χ0) is 17.1. The third-order valence-corrected chi connectivity index (χ3v) is 4.36. The van der Waals surface area contributed by atoms with Gasteiger partial charge in [0.1, 0.15) is 12.1 Å². The Bertz CT molecular complexity index is 828. The fourth-order valence-corrected chi connectivity index (χ4v) is 3.10. The number of nitrogens with zero attached hydrogens (tertiary/aromatic N) is 4. The molecule has 25 heavy (non-hydrogen) atoms. The van der Waals surface area contributed by atoms with Crippen molar-refractivity contribution in [2.45, 2.75) is 13.1 Å². The summed E-state index contributed by atoms with van der Waals surface area (Å²) in [6, 6.07) is 9.43. The third-order valence-electron chi connectivity index (χ3n) is 4.36. The first kappa shape index (κ1) is 15.4. The van der Waals surface area contributed by atoms with Gasteiger partial charge in [0.2, 0.25) is 0 Å². The van der Waals surface area contributed by atoms with Gasteiger partial charge in [-0.25, -0.2) is 4.98 Å². The zero-order valence-corrected chi connectivity index (χ0v) is 13.7. The highest BCUT2D eigenvalue weighted by Gasteiger charge is 2.26. The Labute approximate surface area is 145 Å². The fraction of sp³-hybridized carbons (Fsp3) is 0.278. The van der Waals surface area contributed by atoms with Crippen LogP contribution in [0.5, 0.6) is 0 Å². The normalized spacial score (nSPS) is 17.0. The third kappa shape index (κ3) is 3.40. The molecule has 1 atom stereocenters. The number of hydrogen-bond donors (Lipinski definition) is 1. The zero-order valence-electron chi connectivity index (χ0n) is 13.7. The van der Waals surface area contributed by atoms with E-state index in [1.165, 1.54) is 12.5 Å². The predicted molar refractivity (Wildman–Crippen MR) is 91.9 cm³/mol. The van der Waals surface area contributed by atoms with E-state index in [0.29, 0.717) is 25.2 Å². The smallest absolute Gasteiger partial charge is 0.257 e. The minimum atomic E-state index is -0.0220. The standard InChI is InChI=1S/C18H19N5O2/c24-18(15-5-8-25-13-15)22-10-14(9-20-17-3-1-2-6-19-17)11-23-16(12-22)4-7-21-23/h1-8,13-14H,9-12H2,(H,19,20)/t14-/m0/s1. The van der Waals surface area contributed by atoms with Crippen molar-refractivity contribution in [1.29, 1.82) is 0 Å². The average Bonchev–Trinajstić information content (AvgIpc) is 3.29. The van der Waals surface area contributed by atoms with Gasteiger partial charge < -0.3 is 14.6 Å². The summed E-state index contributed by atoms with van der Waals surface area (Å²) in [4.78, 5) is 18.9. The van der Waals surface area contributed by atoms with E-state index in [1.54, 1.807) is 18.5 Å². The van der Waals surface area contributed by atoms with Crippen LogP contribution in [0.3, 0.4) is 0 Å². The molecule has 1 amide bonds. The van der Waals surface area contributed by atoms with Crippen molar-refractivity contribution in [1.82, 2.24) is 19.7 Å². The summed E-state index contributed by atoms with van der Waals surface area (Å²) in [6.07, 6.45) is 6.56. The van der Waals surface area contributed by atoms with Crippen molar-refractivity contribution in [2.75, 3.05) is 18.4 Å². The molecule has 0 bridgehead atoms. The Kier molecular flexibility index (Phi) is 4.20. The minimum absolute atomic E-state index is 0.0220. The lowest BCUT2D eigenvalue weighted by Crippen LogP contribution is -2.36. The van der Waals surface area contributed by atoms with E-state index < -0.39 is 0 Å². The summed E-state index contributed by atoms with van der Waals surface area (Å²) >= 11 is 0. The number of hydrogen-bond acceptors (Lipinski definition) is 5. The van der Waals surface area contributed by atoms with Gasteiger partial charge in [0, 0.05) is 37.9 Å². The molecule has 0 radical (unpaired) electrons. The van der Waals surface area contributed by atoms with E-state index in [2.05, 4.69) is 15.4 Å². The van der Waals surface area contributed by atoms with E-state index in [9.17, 15) is 4.79 Å². The summed E-state index contributed by atoms with van der Waals surface area (Å²) in [6.45, 7) is 2.67. The lowest BCUT2D eigenvalue weighted by Gasteiger charge is -2.24. The molecule has 0 saturated carbocycles. The number of nitrogens with one attached hydrogen (secondary N) is 1. The predicted octanol–water partition coefficient (Wildman–Crippen LogP) is 2.26. The first-order valence-electron chi connectivity index (χ1n) is 8.26. The molecule has 7 nitrogen and oxygen atoms in total. The van der Waals surface area contributed by atoms with Crippen LogP contribution in [0.1, 0.15) is 16.1 Å². The molecule has 4 heterocycles. The van der Waals surface area contributed by atoms with Gasteiger partial charge in [-0.15, -0.1) is 0 Å². The van der Waals surface area contributed by atoms with Crippen LogP contribution in [0.25, 0.3) is 0 Å². The summed E-state index contributed by atoms with van der Waals surface area (Å²) in [5.74, 6) is 1.03. The molecular weight excluding hydrogens is 318 g/mol. The molecule has 128 valence electrons. The first-order valence-corrected chi connectivity index (χ1v) is 8.26. The van der Waals surface area contributed by atoms with E-state index in [4.69, 9.17) is 4.42 Å². The van der Waals surface area contributed by atoms with Gasteiger partial charge in [-0.3, -0.25) is 9.48 Å². The number of furan rings is 1. The quantitative estimate of drug-likeness (QED) is 0.790. The van der Waals surface area contributed by atoms with E-state index in [-0.39, 0.29) is 11.8 Å². The Morgan fingerprint density at radius 1 is 1.24 bits per heavy atom. The van der Waals surface area contributed by atoms with Gasteiger partial charge in [0.25, 0.3) is 5.91 Å². The molecule has 1 aliphatic rings. The fourth-order valence-electron chi connectivity index (χ4n) is 3.10. The number of aromatic nitrogens is 3. The molecule has 4 rings (SSSR count). The maximum absolute atomic E-state index is 12.8. The van der Waals surface area contributed by atoms with Gasteiger partial charge in [-0.2, -0.15) is 5.10 Å². The highest BCUT2D eigenvalue weighted by atomic mass is 16.3. The maximum Gasteiger partial charge on any atom is 0.257 e. The Morgan fingerprint density at radius 2 is 2.20 bits per heavy atom. The Morgan fingerprint density at radius 3 is 3.00 bits per heavy atom. The van der Waals surface area contributed by atoms with Crippen molar-refractivity contribution in [3.63, 3.8) is 0 Å².